The SMILES string of the molecule is CCC(C)NC(O)O. The van der Waals surface area contributed by atoms with Gasteiger partial charge in [-0.05, 0) is 13.3 Å². The highest BCUT2D eigenvalue weighted by atomic mass is 16.5. The monoisotopic (exact) mass is 119 g/mol. The lowest BCUT2D eigenvalue weighted by Gasteiger charge is -2.11. The molecule has 0 saturated carbocycles. The predicted molar refractivity (Wildman–Crippen MR) is 31.1 cm³/mol. The van der Waals surface area contributed by atoms with Gasteiger partial charge in [0.25, 0.3) is 0 Å². The minimum Gasteiger partial charge on any atom is -0.356 e. The van der Waals surface area contributed by atoms with Crippen LogP contribution in [0, 0.1) is 0 Å². The molecule has 0 radical (unpaired) electrons. The molecule has 0 saturated heterocycles. The molecule has 0 bridgehead atoms. The van der Waals surface area contributed by atoms with Crippen molar-refractivity contribution in [1.82, 2.24) is 5.32 Å². The van der Waals surface area contributed by atoms with Crippen molar-refractivity contribution in [2.45, 2.75) is 32.7 Å². The van der Waals surface area contributed by atoms with E-state index in [9.17, 15) is 0 Å². The second kappa shape index (κ2) is 3.83. The Hall–Kier alpha value is -0.120. The van der Waals surface area contributed by atoms with Gasteiger partial charge in [-0.25, -0.2) is 0 Å². The molecule has 8 heavy (non-hydrogen) atoms. The summed E-state index contributed by atoms with van der Waals surface area (Å²) in [6.07, 6.45) is -0.470. The zero-order valence-electron chi connectivity index (χ0n) is 5.26. The van der Waals surface area contributed by atoms with Crippen LogP contribution in [0.15, 0.2) is 0 Å². The first-order valence-corrected chi connectivity index (χ1v) is 2.79. The van der Waals surface area contributed by atoms with Gasteiger partial charge in [-0.15, -0.1) is 0 Å². The summed E-state index contributed by atoms with van der Waals surface area (Å²) in [5.41, 5.74) is 0. The van der Waals surface area contributed by atoms with Crippen molar-refractivity contribution in [3.63, 3.8) is 0 Å². The van der Waals surface area contributed by atoms with Crippen LogP contribution < -0.4 is 5.32 Å². The fraction of sp³-hybridized carbons (Fsp3) is 1.00. The lowest BCUT2D eigenvalue weighted by Crippen LogP contribution is -2.35. The third kappa shape index (κ3) is 4.05. The van der Waals surface area contributed by atoms with Gasteiger partial charge in [0, 0.05) is 6.04 Å². The van der Waals surface area contributed by atoms with Gasteiger partial charge in [0.2, 0.25) is 6.41 Å². The number of rotatable bonds is 3. The van der Waals surface area contributed by atoms with Gasteiger partial charge in [0.15, 0.2) is 0 Å². The second-order valence-electron chi connectivity index (χ2n) is 1.85. The van der Waals surface area contributed by atoms with Crippen LogP contribution in [-0.4, -0.2) is 22.7 Å². The third-order valence-electron chi connectivity index (χ3n) is 1.05. The van der Waals surface area contributed by atoms with E-state index in [-0.39, 0.29) is 6.04 Å². The van der Waals surface area contributed by atoms with Crippen LogP contribution in [0.2, 0.25) is 0 Å². The van der Waals surface area contributed by atoms with Gasteiger partial charge >= 0.3 is 0 Å². The first kappa shape index (κ1) is 7.88. The number of aliphatic hydroxyl groups is 2. The molecular weight excluding hydrogens is 106 g/mol. The smallest absolute Gasteiger partial charge is 0.211 e. The van der Waals surface area contributed by atoms with Crippen molar-refractivity contribution >= 4 is 0 Å². The van der Waals surface area contributed by atoms with E-state index in [4.69, 9.17) is 10.2 Å². The summed E-state index contributed by atoms with van der Waals surface area (Å²) < 4.78 is 0. The van der Waals surface area contributed by atoms with Crippen molar-refractivity contribution < 1.29 is 10.2 Å². The zero-order chi connectivity index (χ0) is 6.57. The fourth-order valence-corrected chi connectivity index (χ4v) is 0.372. The van der Waals surface area contributed by atoms with Gasteiger partial charge in [0.1, 0.15) is 0 Å². The molecule has 1 atom stereocenters. The van der Waals surface area contributed by atoms with Crippen LogP contribution in [0.4, 0.5) is 0 Å². The van der Waals surface area contributed by atoms with Crippen molar-refractivity contribution in [3.8, 4) is 0 Å². The molecule has 0 spiro atoms. The largest absolute Gasteiger partial charge is 0.356 e. The molecule has 0 aromatic carbocycles. The van der Waals surface area contributed by atoms with Crippen molar-refractivity contribution in [2.24, 2.45) is 0 Å². The van der Waals surface area contributed by atoms with Crippen LogP contribution in [0.1, 0.15) is 20.3 Å². The maximum Gasteiger partial charge on any atom is 0.211 e. The highest BCUT2D eigenvalue weighted by Crippen LogP contribution is 1.86. The molecule has 3 nitrogen and oxygen atoms in total. The van der Waals surface area contributed by atoms with Crippen molar-refractivity contribution in [1.29, 1.82) is 0 Å². The number of hydrogen-bond acceptors (Lipinski definition) is 3. The molecule has 0 amide bonds. The van der Waals surface area contributed by atoms with E-state index < -0.39 is 6.41 Å². The summed E-state index contributed by atoms with van der Waals surface area (Å²) >= 11 is 0. The Morgan fingerprint density at radius 3 is 2.12 bits per heavy atom. The molecule has 0 aliphatic carbocycles. The Balaban J connectivity index is 3.10. The minimum absolute atomic E-state index is 0.176. The summed E-state index contributed by atoms with van der Waals surface area (Å²) in [5.74, 6) is 0. The Labute approximate surface area is 49.3 Å². The van der Waals surface area contributed by atoms with Gasteiger partial charge < -0.3 is 10.2 Å². The van der Waals surface area contributed by atoms with E-state index >= 15 is 0 Å². The van der Waals surface area contributed by atoms with Gasteiger partial charge in [0.05, 0.1) is 0 Å². The average molecular weight is 119 g/mol. The number of aliphatic hydroxyl groups excluding tert-OH is 1. The third-order valence-corrected chi connectivity index (χ3v) is 1.05. The van der Waals surface area contributed by atoms with Crippen LogP contribution >= 0.6 is 0 Å². The molecule has 0 heterocycles. The topological polar surface area (TPSA) is 52.5 Å². The maximum absolute atomic E-state index is 8.30. The van der Waals surface area contributed by atoms with Crippen LogP contribution in [-0.2, 0) is 0 Å². The van der Waals surface area contributed by atoms with Crippen LogP contribution in [0.25, 0.3) is 0 Å². The van der Waals surface area contributed by atoms with Crippen LogP contribution in [0.5, 0.6) is 0 Å². The quantitative estimate of drug-likeness (QED) is 0.445. The molecule has 1 unspecified atom stereocenters. The van der Waals surface area contributed by atoms with E-state index in [1.54, 1.807) is 0 Å². The van der Waals surface area contributed by atoms with Crippen molar-refractivity contribution in [3.05, 3.63) is 0 Å². The molecule has 0 aromatic rings. The molecule has 0 aromatic heterocycles. The second-order valence-corrected chi connectivity index (χ2v) is 1.85. The van der Waals surface area contributed by atoms with E-state index in [0.29, 0.717) is 0 Å². The van der Waals surface area contributed by atoms with Gasteiger partial charge in [-0.1, -0.05) is 6.92 Å². The summed E-state index contributed by atoms with van der Waals surface area (Å²) in [6, 6.07) is 0.176. The van der Waals surface area contributed by atoms with E-state index in [1.165, 1.54) is 0 Å². The Morgan fingerprint density at radius 2 is 2.00 bits per heavy atom. The van der Waals surface area contributed by atoms with E-state index in [1.807, 2.05) is 13.8 Å². The van der Waals surface area contributed by atoms with Gasteiger partial charge in [-0.2, -0.15) is 0 Å². The number of nitrogens with one attached hydrogen (secondary N) is 1. The summed E-state index contributed by atoms with van der Waals surface area (Å²) in [7, 11) is 0. The Kier molecular flexibility index (Phi) is 3.77. The average Bonchev–Trinajstić information content (AvgIpc) is 1.65. The lowest BCUT2D eigenvalue weighted by molar-refractivity contribution is -0.0723. The summed E-state index contributed by atoms with van der Waals surface area (Å²) in [4.78, 5) is 0. The van der Waals surface area contributed by atoms with E-state index in [2.05, 4.69) is 5.32 Å². The highest BCUT2D eigenvalue weighted by molar-refractivity contribution is 4.53. The van der Waals surface area contributed by atoms with Crippen molar-refractivity contribution in [2.75, 3.05) is 0 Å². The molecule has 0 fully saturated rings. The molecule has 3 N–H and O–H groups in total. The molecule has 0 aliphatic heterocycles. The standard InChI is InChI=1S/C5H13NO2/c1-3-4(2)6-5(7)8/h4-8H,3H2,1-2H3. The first-order chi connectivity index (χ1) is 3.66. The van der Waals surface area contributed by atoms with Crippen LogP contribution in [0.3, 0.4) is 0 Å². The lowest BCUT2D eigenvalue weighted by atomic mass is 10.3. The predicted octanol–water partition coefficient (Wildman–Crippen LogP) is -0.357. The number of hydrogen-bond donors (Lipinski definition) is 3. The fourth-order valence-electron chi connectivity index (χ4n) is 0.372. The maximum atomic E-state index is 8.30. The molecule has 50 valence electrons. The summed E-state index contributed by atoms with van der Waals surface area (Å²) in [5, 5.41) is 19.1. The Bertz CT molecular complexity index is 56.4. The Morgan fingerprint density at radius 1 is 1.50 bits per heavy atom. The van der Waals surface area contributed by atoms with E-state index in [0.717, 1.165) is 6.42 Å². The first-order valence-electron chi connectivity index (χ1n) is 2.79. The zero-order valence-corrected chi connectivity index (χ0v) is 5.26. The normalized spacial score (nSPS) is 14.6. The molecule has 3 heteroatoms. The molecule has 0 rings (SSSR count). The molecule has 0 aliphatic rings. The molecular formula is C5H13NO2. The minimum atomic E-state index is -1.37. The summed E-state index contributed by atoms with van der Waals surface area (Å²) in [6.45, 7) is 3.86. The van der Waals surface area contributed by atoms with Gasteiger partial charge in [-0.3, -0.25) is 5.32 Å². The highest BCUT2D eigenvalue weighted by Gasteiger charge is 2.00.